The van der Waals surface area contributed by atoms with Gasteiger partial charge < -0.3 is 9.15 Å². The Morgan fingerprint density at radius 1 is 0.839 bits per heavy atom. The molecule has 1 fully saturated rings. The zero-order chi connectivity index (χ0) is 21.4. The summed E-state index contributed by atoms with van der Waals surface area (Å²) in [6.45, 7) is 0.236. The van der Waals surface area contributed by atoms with Crippen LogP contribution in [-0.4, -0.2) is 48.0 Å². The van der Waals surface area contributed by atoms with E-state index < -0.39 is 16.9 Å². The molecule has 31 heavy (non-hydrogen) atoms. The topological polar surface area (TPSA) is 76.8 Å². The van der Waals surface area contributed by atoms with E-state index in [4.69, 9.17) is 9.15 Å². The van der Waals surface area contributed by atoms with Crippen molar-refractivity contribution in [3.63, 3.8) is 0 Å². The predicted molar refractivity (Wildman–Crippen MR) is 111 cm³/mol. The Morgan fingerprint density at radius 2 is 1.48 bits per heavy atom. The summed E-state index contributed by atoms with van der Waals surface area (Å²) in [6.07, 6.45) is 1.54. The summed E-state index contributed by atoms with van der Waals surface area (Å²) in [5.41, 5.74) is -2.03. The van der Waals surface area contributed by atoms with E-state index in [0.29, 0.717) is 34.7 Å². The van der Waals surface area contributed by atoms with Crippen molar-refractivity contribution in [3.05, 3.63) is 89.4 Å². The molecule has 1 aliphatic carbocycles. The monoisotopic (exact) mass is 413 g/mol. The van der Waals surface area contributed by atoms with Gasteiger partial charge in [-0.25, -0.2) is 0 Å². The molecule has 1 aromatic heterocycles. The summed E-state index contributed by atoms with van der Waals surface area (Å²) in [7, 11) is 1.74. The maximum atomic E-state index is 14.2. The molecule has 0 saturated carbocycles. The van der Waals surface area contributed by atoms with Gasteiger partial charge in [0.2, 0.25) is 0 Å². The van der Waals surface area contributed by atoms with E-state index in [9.17, 15) is 14.4 Å². The highest BCUT2D eigenvalue weighted by Crippen LogP contribution is 2.61. The number of furan rings is 1. The Kier molecular flexibility index (Phi) is 3.55. The molecule has 0 amide bonds. The largest absolute Gasteiger partial charge is 0.492 e. The molecule has 3 heterocycles. The Labute approximate surface area is 178 Å². The van der Waals surface area contributed by atoms with Crippen molar-refractivity contribution in [2.24, 2.45) is 5.41 Å². The van der Waals surface area contributed by atoms with E-state index >= 15 is 0 Å². The molecule has 0 radical (unpaired) electrons. The maximum absolute atomic E-state index is 14.2. The number of hydrogen-bond donors (Lipinski definition) is 0. The first-order chi connectivity index (χ1) is 15.0. The summed E-state index contributed by atoms with van der Waals surface area (Å²) in [5, 5.41) is 0. The van der Waals surface area contributed by atoms with E-state index in [1.54, 1.807) is 78.9 Å². The van der Waals surface area contributed by atoms with Gasteiger partial charge in [0.15, 0.2) is 22.9 Å². The lowest BCUT2D eigenvalue weighted by molar-refractivity contribution is 0.0123. The number of carbonyl (C=O) groups is 3. The number of likely N-dealkylation sites (N-methyl/N-ethyl adjacent to an activating group) is 1. The molecule has 2 spiro atoms. The molecule has 6 nitrogen and oxygen atoms in total. The first-order valence-electron chi connectivity index (χ1n) is 10.2. The summed E-state index contributed by atoms with van der Waals surface area (Å²) >= 11 is 0. The van der Waals surface area contributed by atoms with Gasteiger partial charge in [-0.1, -0.05) is 36.4 Å². The predicted octanol–water partition coefficient (Wildman–Crippen LogP) is 3.39. The Balaban J connectivity index is 1.67. The number of nitrogens with zero attached hydrogens (tertiary/aromatic N) is 1. The average molecular weight is 413 g/mol. The number of Topliss-reactive ketones (excluding diaryl/α,β-unsaturated/α-hetero) is 3. The van der Waals surface area contributed by atoms with Crippen LogP contribution < -0.4 is 4.74 Å². The van der Waals surface area contributed by atoms with Crippen LogP contribution in [-0.2, 0) is 0 Å². The number of carbonyl (C=O) groups excluding carboxylic acids is 3. The highest BCUT2D eigenvalue weighted by atomic mass is 16.5. The number of benzene rings is 2. The average Bonchev–Trinajstić information content (AvgIpc) is 3.46. The van der Waals surface area contributed by atoms with Gasteiger partial charge in [-0.05, 0) is 31.3 Å². The van der Waals surface area contributed by atoms with Gasteiger partial charge in [-0.3, -0.25) is 19.3 Å². The van der Waals surface area contributed by atoms with Crippen LogP contribution in [0.5, 0.6) is 5.75 Å². The van der Waals surface area contributed by atoms with Crippen molar-refractivity contribution >= 4 is 17.3 Å². The molecule has 2 aliphatic heterocycles. The van der Waals surface area contributed by atoms with Crippen LogP contribution >= 0.6 is 0 Å². The van der Waals surface area contributed by atoms with Gasteiger partial charge in [-0.2, -0.15) is 0 Å². The highest BCUT2D eigenvalue weighted by Gasteiger charge is 2.78. The molecule has 0 N–H and O–H groups in total. The van der Waals surface area contributed by atoms with Gasteiger partial charge in [-0.15, -0.1) is 0 Å². The molecule has 0 bridgehead atoms. The smallest absolute Gasteiger partial charge is 0.193 e. The van der Waals surface area contributed by atoms with Crippen molar-refractivity contribution in [2.45, 2.75) is 11.5 Å². The van der Waals surface area contributed by atoms with Gasteiger partial charge in [0.05, 0.1) is 11.8 Å². The summed E-state index contributed by atoms with van der Waals surface area (Å²) in [5.74, 6) is -0.430. The molecular formula is C25H19NO5. The van der Waals surface area contributed by atoms with Gasteiger partial charge in [0, 0.05) is 23.6 Å². The molecule has 3 aliphatic rings. The van der Waals surface area contributed by atoms with Crippen molar-refractivity contribution in [1.82, 2.24) is 4.90 Å². The van der Waals surface area contributed by atoms with Crippen LogP contribution in [0.3, 0.4) is 0 Å². The number of para-hydroxylation sites is 1. The van der Waals surface area contributed by atoms with Crippen LogP contribution in [0, 0.1) is 5.41 Å². The Bertz CT molecular complexity index is 1230. The molecule has 3 aromatic rings. The van der Waals surface area contributed by atoms with E-state index in [0.717, 1.165) is 0 Å². The SMILES string of the molecule is CN1C[C@@H](c2ccco2)[C@@]2(COc3ccccc3C2=O)C12C(=O)c1ccccc1C2=O. The molecule has 6 rings (SSSR count). The van der Waals surface area contributed by atoms with Crippen LogP contribution in [0.15, 0.2) is 71.3 Å². The van der Waals surface area contributed by atoms with E-state index in [1.807, 2.05) is 0 Å². The molecule has 1 saturated heterocycles. The highest BCUT2D eigenvalue weighted by molar-refractivity contribution is 6.36. The minimum Gasteiger partial charge on any atom is -0.492 e. The van der Waals surface area contributed by atoms with E-state index in [-0.39, 0.29) is 24.0 Å². The minimum absolute atomic E-state index is 0.0793. The second kappa shape index (κ2) is 6.02. The minimum atomic E-state index is -1.68. The molecule has 6 heteroatoms. The normalized spacial score (nSPS) is 26.4. The zero-order valence-electron chi connectivity index (χ0n) is 16.8. The summed E-state index contributed by atoms with van der Waals surface area (Å²) < 4.78 is 11.8. The fourth-order valence-electron chi connectivity index (χ4n) is 5.91. The van der Waals surface area contributed by atoms with Crippen LogP contribution in [0.2, 0.25) is 0 Å². The number of fused-ring (bicyclic) bond motifs is 3. The number of rotatable bonds is 1. The Morgan fingerprint density at radius 3 is 2.13 bits per heavy atom. The maximum Gasteiger partial charge on any atom is 0.193 e. The number of ether oxygens (including phenoxy) is 1. The van der Waals surface area contributed by atoms with Crippen molar-refractivity contribution in [1.29, 1.82) is 0 Å². The molecule has 2 atom stereocenters. The van der Waals surface area contributed by atoms with Gasteiger partial charge in [0.25, 0.3) is 0 Å². The third kappa shape index (κ3) is 1.94. The third-order valence-corrected chi connectivity index (χ3v) is 7.22. The lowest BCUT2D eigenvalue weighted by Gasteiger charge is -2.46. The van der Waals surface area contributed by atoms with Crippen molar-refractivity contribution in [2.75, 3.05) is 20.2 Å². The molecule has 2 aromatic carbocycles. The van der Waals surface area contributed by atoms with Crippen molar-refractivity contribution in [3.8, 4) is 5.75 Å². The van der Waals surface area contributed by atoms with Crippen LogP contribution in [0.25, 0.3) is 0 Å². The second-order valence-corrected chi connectivity index (χ2v) is 8.45. The van der Waals surface area contributed by atoms with Gasteiger partial charge in [0.1, 0.15) is 23.5 Å². The van der Waals surface area contributed by atoms with E-state index in [2.05, 4.69) is 0 Å². The fourth-order valence-corrected chi connectivity index (χ4v) is 5.91. The lowest BCUT2D eigenvalue weighted by atomic mass is 9.58. The van der Waals surface area contributed by atoms with Crippen LogP contribution in [0.4, 0.5) is 0 Å². The zero-order valence-corrected chi connectivity index (χ0v) is 16.8. The number of hydrogen-bond acceptors (Lipinski definition) is 6. The number of likely N-dealkylation sites (tertiary alicyclic amines) is 1. The number of ketones is 3. The molecule has 154 valence electrons. The quantitative estimate of drug-likeness (QED) is 0.569. The van der Waals surface area contributed by atoms with Crippen molar-refractivity contribution < 1.29 is 23.5 Å². The molecule has 0 unspecified atom stereocenters. The van der Waals surface area contributed by atoms with E-state index in [1.165, 1.54) is 0 Å². The third-order valence-electron chi connectivity index (χ3n) is 7.22. The first-order valence-corrected chi connectivity index (χ1v) is 10.2. The lowest BCUT2D eigenvalue weighted by Crippen LogP contribution is -2.67. The Hall–Kier alpha value is -3.51. The van der Waals surface area contributed by atoms with Gasteiger partial charge >= 0.3 is 0 Å². The summed E-state index contributed by atoms with van der Waals surface area (Å²) in [4.78, 5) is 44.0. The fraction of sp³-hybridized carbons (Fsp3) is 0.240. The van der Waals surface area contributed by atoms with Crippen LogP contribution in [0.1, 0.15) is 42.8 Å². The standard InChI is InChI=1S/C25H19NO5/c1-26-13-18(20-11-6-12-30-20)24(14-31-19-10-5-4-9-17(19)21(24)27)25(26)22(28)15-7-2-3-8-16(15)23(25)29/h2-12,18H,13-14H2,1H3/t18-,24+/m0/s1. The second-order valence-electron chi connectivity index (χ2n) is 8.45. The first kappa shape index (κ1) is 18.3. The summed E-state index contributed by atoms with van der Waals surface area (Å²) in [6, 6.07) is 17.3. The molecular weight excluding hydrogens is 394 g/mol.